The maximum atomic E-state index is 13.4. The van der Waals surface area contributed by atoms with E-state index in [4.69, 9.17) is 21.1 Å². The maximum absolute atomic E-state index is 13.4. The number of nitrogens with one attached hydrogen (secondary N) is 3. The fourth-order valence-corrected chi connectivity index (χ4v) is 5.59. The number of likely N-dealkylation sites (N-methyl/N-ethyl adjacent to an activating group) is 1. The number of hydrogen-bond acceptors (Lipinski definition) is 7. The molecule has 40 heavy (non-hydrogen) atoms. The lowest BCUT2D eigenvalue weighted by atomic mass is 9.78. The first-order valence-electron chi connectivity index (χ1n) is 12.8. The van der Waals surface area contributed by atoms with E-state index in [-0.39, 0.29) is 11.4 Å². The number of para-hydroxylation sites is 1. The van der Waals surface area contributed by atoms with E-state index < -0.39 is 0 Å². The topological polar surface area (TPSA) is 104 Å². The third kappa shape index (κ3) is 4.22. The molecule has 1 atom stereocenters. The van der Waals surface area contributed by atoms with Gasteiger partial charge in [0.15, 0.2) is 5.75 Å². The van der Waals surface area contributed by atoms with Gasteiger partial charge in [-0.1, -0.05) is 29.7 Å². The van der Waals surface area contributed by atoms with Crippen LogP contribution in [0.4, 0.5) is 11.4 Å². The van der Waals surface area contributed by atoms with Crippen molar-refractivity contribution in [3.63, 3.8) is 0 Å². The van der Waals surface area contributed by atoms with Crippen LogP contribution >= 0.6 is 11.6 Å². The summed E-state index contributed by atoms with van der Waals surface area (Å²) in [6, 6.07) is 12.8. The summed E-state index contributed by atoms with van der Waals surface area (Å²) in [6.45, 7) is 1.47. The lowest BCUT2D eigenvalue weighted by molar-refractivity contribution is -0.000420. The summed E-state index contributed by atoms with van der Waals surface area (Å²) in [5.41, 5.74) is 5.09. The van der Waals surface area contributed by atoms with Gasteiger partial charge in [0.2, 0.25) is 5.88 Å². The van der Waals surface area contributed by atoms with Crippen LogP contribution in [0.25, 0.3) is 11.3 Å². The van der Waals surface area contributed by atoms with Crippen molar-refractivity contribution in [1.29, 1.82) is 0 Å². The molecule has 10 heteroatoms. The lowest BCUT2D eigenvalue weighted by Crippen LogP contribution is -2.63. The number of hydrogen-bond donors (Lipinski definition) is 3. The lowest BCUT2D eigenvalue weighted by Gasteiger charge is -2.52. The molecule has 1 saturated heterocycles. The molecule has 2 aliphatic heterocycles. The number of benzene rings is 1. The van der Waals surface area contributed by atoms with Crippen LogP contribution < -0.4 is 20.1 Å². The van der Waals surface area contributed by atoms with Crippen molar-refractivity contribution in [1.82, 2.24) is 25.2 Å². The van der Waals surface area contributed by atoms with E-state index in [1.165, 1.54) is 0 Å². The summed E-state index contributed by atoms with van der Waals surface area (Å²) in [7, 11) is 5.20. The number of aromatic nitrogens is 3. The zero-order valence-electron chi connectivity index (χ0n) is 22.3. The highest BCUT2D eigenvalue weighted by atomic mass is 35.5. The highest BCUT2D eigenvalue weighted by Gasteiger charge is 2.51. The number of H-pyrrole nitrogens is 1. The zero-order valence-corrected chi connectivity index (χ0v) is 23.0. The van der Waals surface area contributed by atoms with E-state index >= 15 is 0 Å². The predicted octanol–water partition coefficient (Wildman–Crippen LogP) is 4.56. The predicted molar refractivity (Wildman–Crippen MR) is 153 cm³/mol. The van der Waals surface area contributed by atoms with Gasteiger partial charge >= 0.3 is 0 Å². The molecule has 1 amide bonds. The van der Waals surface area contributed by atoms with Crippen molar-refractivity contribution >= 4 is 28.9 Å². The van der Waals surface area contributed by atoms with Gasteiger partial charge in [0.1, 0.15) is 5.69 Å². The molecule has 6 rings (SSSR count). The van der Waals surface area contributed by atoms with Gasteiger partial charge < -0.3 is 25.1 Å². The fourth-order valence-electron chi connectivity index (χ4n) is 5.34. The molecule has 5 heterocycles. The number of nitrogens with zero attached hydrogens (tertiary/aromatic N) is 3. The molecular weight excluding hydrogens is 528 g/mol. The van der Waals surface area contributed by atoms with Gasteiger partial charge in [0, 0.05) is 37.1 Å². The summed E-state index contributed by atoms with van der Waals surface area (Å²) >= 11 is 6.44. The van der Waals surface area contributed by atoms with Gasteiger partial charge in [0.05, 0.1) is 58.7 Å². The molecule has 1 spiro atoms. The van der Waals surface area contributed by atoms with E-state index in [1.54, 1.807) is 38.7 Å². The summed E-state index contributed by atoms with van der Waals surface area (Å²) < 4.78 is 10.8. The Morgan fingerprint density at radius 2 is 1.98 bits per heavy atom. The van der Waals surface area contributed by atoms with Crippen molar-refractivity contribution in [3.05, 3.63) is 82.4 Å². The number of carbonyl (C=O) groups excluding carboxylic acids is 1. The Morgan fingerprint density at radius 1 is 1.12 bits per heavy atom. The normalized spacial score (nSPS) is 17.8. The molecule has 0 saturated carbocycles. The van der Waals surface area contributed by atoms with Gasteiger partial charge in [-0.3, -0.25) is 14.7 Å². The Hall–Kier alpha value is -4.52. The van der Waals surface area contributed by atoms with Crippen LogP contribution in [0, 0.1) is 11.8 Å². The number of pyridine rings is 2. The quantitative estimate of drug-likeness (QED) is 0.311. The number of rotatable bonds is 5. The Labute approximate surface area is 236 Å². The van der Waals surface area contributed by atoms with Crippen molar-refractivity contribution in [2.45, 2.75) is 12.0 Å². The molecule has 0 radical (unpaired) electrons. The first-order valence-corrected chi connectivity index (χ1v) is 13.2. The van der Waals surface area contributed by atoms with Gasteiger partial charge in [-0.25, -0.2) is 4.98 Å². The Balaban J connectivity index is 1.54. The summed E-state index contributed by atoms with van der Waals surface area (Å²) in [5, 5.41) is 7.03. The van der Waals surface area contributed by atoms with Crippen LogP contribution in [-0.4, -0.2) is 60.1 Å². The Bertz CT molecular complexity index is 1690. The van der Waals surface area contributed by atoms with E-state index in [1.807, 2.05) is 30.3 Å². The minimum atomic E-state index is -0.320. The minimum absolute atomic E-state index is 0.158. The SMILES string of the molecule is COc1cccc(C#Cc2cnccc2-c2[nH]c3c(c2Nc2cccc(Cl)c2OC)C(=O)NC[C@]32CCN2C)n1. The second-order valence-corrected chi connectivity index (χ2v) is 10.1. The van der Waals surface area contributed by atoms with Crippen LogP contribution in [0.2, 0.25) is 5.02 Å². The Morgan fingerprint density at radius 3 is 2.73 bits per heavy atom. The first kappa shape index (κ1) is 25.7. The number of fused-ring (bicyclic) bond motifs is 2. The molecule has 2 aliphatic rings. The van der Waals surface area contributed by atoms with E-state index in [0.29, 0.717) is 57.1 Å². The van der Waals surface area contributed by atoms with Gasteiger partial charge in [-0.05, 0) is 43.7 Å². The molecule has 4 aromatic rings. The number of halogens is 1. The van der Waals surface area contributed by atoms with E-state index in [2.05, 4.69) is 49.4 Å². The molecule has 9 nitrogen and oxygen atoms in total. The number of anilines is 2. The fraction of sp³-hybridized carbons (Fsp3) is 0.233. The van der Waals surface area contributed by atoms with E-state index in [9.17, 15) is 4.79 Å². The third-order valence-electron chi connectivity index (χ3n) is 7.60. The monoisotopic (exact) mass is 554 g/mol. The largest absolute Gasteiger partial charge is 0.493 e. The molecule has 0 aliphatic carbocycles. The summed E-state index contributed by atoms with van der Waals surface area (Å²) in [4.78, 5) is 28.1. The van der Waals surface area contributed by atoms with Crippen LogP contribution in [0.1, 0.15) is 33.7 Å². The van der Waals surface area contributed by atoms with Gasteiger partial charge in [-0.2, -0.15) is 0 Å². The highest BCUT2D eigenvalue weighted by molar-refractivity contribution is 6.32. The molecule has 0 unspecified atom stereocenters. The molecule has 3 N–H and O–H groups in total. The van der Waals surface area contributed by atoms with E-state index in [0.717, 1.165) is 24.2 Å². The second-order valence-electron chi connectivity index (χ2n) is 9.69. The number of ether oxygens (including phenoxy) is 2. The highest BCUT2D eigenvalue weighted by Crippen LogP contribution is 2.48. The van der Waals surface area contributed by atoms with Crippen molar-refractivity contribution < 1.29 is 14.3 Å². The second kappa shape index (κ2) is 10.2. The third-order valence-corrected chi connectivity index (χ3v) is 7.90. The molecule has 1 fully saturated rings. The van der Waals surface area contributed by atoms with Crippen LogP contribution in [0.5, 0.6) is 11.6 Å². The maximum Gasteiger partial charge on any atom is 0.255 e. The Kier molecular flexibility index (Phi) is 6.58. The average Bonchev–Trinajstić information content (AvgIpc) is 3.35. The summed E-state index contributed by atoms with van der Waals surface area (Å²) in [6.07, 6.45) is 4.33. The van der Waals surface area contributed by atoms with Gasteiger partial charge in [0.25, 0.3) is 5.91 Å². The van der Waals surface area contributed by atoms with Crippen LogP contribution in [-0.2, 0) is 5.54 Å². The number of amides is 1. The first-order chi connectivity index (χ1) is 19.4. The number of aromatic amines is 1. The molecule has 1 aromatic carbocycles. The van der Waals surface area contributed by atoms with Crippen molar-refractivity contribution in [2.24, 2.45) is 0 Å². The molecule has 0 bridgehead atoms. The van der Waals surface area contributed by atoms with Gasteiger partial charge in [-0.15, -0.1) is 0 Å². The standard InChI is InChI=1S/C30H27ClN6O3/c1-37-15-13-30(37)17-33-29(38)24-26(35-22-8-5-7-21(31)27(22)40-3)25(36-28(24)30)20-12-14-32-16-18(20)10-11-19-6-4-9-23(34-19)39-2/h4-9,12,14,16,35-36H,13,15,17H2,1-3H3,(H,33,38)/t30-/m1/s1. The van der Waals surface area contributed by atoms with Crippen LogP contribution in [0.3, 0.4) is 0 Å². The smallest absolute Gasteiger partial charge is 0.255 e. The van der Waals surface area contributed by atoms with Crippen molar-refractivity contribution in [2.75, 3.05) is 39.7 Å². The van der Waals surface area contributed by atoms with Crippen LogP contribution in [0.15, 0.2) is 54.9 Å². The number of carbonyl (C=O) groups is 1. The summed E-state index contributed by atoms with van der Waals surface area (Å²) in [5.74, 6) is 7.14. The molecule has 202 valence electrons. The minimum Gasteiger partial charge on any atom is -0.493 e. The average molecular weight is 555 g/mol. The zero-order chi connectivity index (χ0) is 27.9. The number of likely N-dealkylation sites (tertiary alicyclic amines) is 1. The molecular formula is C30H27ClN6O3. The molecule has 3 aromatic heterocycles. The van der Waals surface area contributed by atoms with Crippen molar-refractivity contribution in [3.8, 4) is 34.7 Å². The number of methoxy groups -OCH3 is 2.